The van der Waals surface area contributed by atoms with Crippen LogP contribution in [0.5, 0.6) is 0 Å². The van der Waals surface area contributed by atoms with E-state index in [9.17, 15) is 14.7 Å². The summed E-state index contributed by atoms with van der Waals surface area (Å²) in [6.45, 7) is 0. The lowest BCUT2D eigenvalue weighted by atomic mass is 9.80. The van der Waals surface area contributed by atoms with Gasteiger partial charge in [0.1, 0.15) is 0 Å². The second kappa shape index (κ2) is 4.42. The first-order chi connectivity index (χ1) is 9.15. The Morgan fingerprint density at radius 3 is 2.32 bits per heavy atom. The van der Waals surface area contributed by atoms with Gasteiger partial charge in [0.15, 0.2) is 5.60 Å². The minimum Gasteiger partial charge on any atom is -0.374 e. The van der Waals surface area contributed by atoms with Crippen LogP contribution in [0, 0.1) is 5.92 Å². The topological polar surface area (TPSA) is 54.4 Å². The van der Waals surface area contributed by atoms with Gasteiger partial charge in [-0.3, -0.25) is 9.59 Å². The van der Waals surface area contributed by atoms with Crippen molar-refractivity contribution in [2.24, 2.45) is 5.92 Å². The molecule has 19 heavy (non-hydrogen) atoms. The third kappa shape index (κ3) is 1.69. The smallest absolute Gasteiger partial charge is 0.203 e. The van der Waals surface area contributed by atoms with Crippen LogP contribution in [0.3, 0.4) is 0 Å². The number of benzene rings is 1. The van der Waals surface area contributed by atoms with Gasteiger partial charge in [-0.15, -0.1) is 0 Å². The van der Waals surface area contributed by atoms with E-state index in [2.05, 4.69) is 0 Å². The number of Topliss-reactive ketones (excluding diaryl/α,β-unsaturated/α-hetero) is 2. The molecule has 1 N–H and O–H groups in total. The number of carbonyl (C=O) groups excluding carboxylic acids is 2. The lowest BCUT2D eigenvalue weighted by Crippen LogP contribution is -2.47. The highest BCUT2D eigenvalue weighted by molar-refractivity contribution is 6.32. The first-order valence-electron chi connectivity index (χ1n) is 6.73. The summed E-state index contributed by atoms with van der Waals surface area (Å²) in [7, 11) is 0. The average Bonchev–Trinajstić information content (AvgIpc) is 2.67. The number of carbonyl (C=O) groups is 2. The molecule has 1 unspecified atom stereocenters. The van der Waals surface area contributed by atoms with E-state index in [-0.39, 0.29) is 0 Å². The minimum atomic E-state index is -1.88. The van der Waals surface area contributed by atoms with Gasteiger partial charge < -0.3 is 5.11 Å². The highest BCUT2D eigenvalue weighted by Crippen LogP contribution is 2.39. The van der Waals surface area contributed by atoms with Crippen LogP contribution < -0.4 is 0 Å². The fourth-order valence-electron chi connectivity index (χ4n) is 3.06. The summed E-state index contributed by atoms with van der Waals surface area (Å²) in [5.41, 5.74) is -1.18. The molecule has 3 heteroatoms. The van der Waals surface area contributed by atoms with Gasteiger partial charge in [-0.1, -0.05) is 42.8 Å². The van der Waals surface area contributed by atoms with Crippen molar-refractivity contribution in [2.45, 2.75) is 31.3 Å². The van der Waals surface area contributed by atoms with Crippen LogP contribution in [0.15, 0.2) is 36.4 Å². The van der Waals surface area contributed by atoms with Crippen LogP contribution in [0.4, 0.5) is 0 Å². The van der Waals surface area contributed by atoms with Crippen molar-refractivity contribution in [3.8, 4) is 0 Å². The van der Waals surface area contributed by atoms with Gasteiger partial charge in [0.25, 0.3) is 0 Å². The molecule has 2 aliphatic rings. The molecule has 0 aromatic heterocycles. The van der Waals surface area contributed by atoms with Gasteiger partial charge in [-0.25, -0.2) is 0 Å². The largest absolute Gasteiger partial charge is 0.374 e. The van der Waals surface area contributed by atoms with Crippen molar-refractivity contribution in [3.63, 3.8) is 0 Å². The normalized spacial score (nSPS) is 25.2. The number of aliphatic hydroxyl groups is 1. The Balaban J connectivity index is 2.06. The summed E-state index contributed by atoms with van der Waals surface area (Å²) in [6, 6.07) is 6.68. The quantitative estimate of drug-likeness (QED) is 0.620. The number of hydrogen-bond acceptors (Lipinski definition) is 3. The summed E-state index contributed by atoms with van der Waals surface area (Å²) in [4.78, 5) is 24.9. The van der Waals surface area contributed by atoms with Crippen molar-refractivity contribution < 1.29 is 14.7 Å². The predicted octanol–water partition coefficient (Wildman–Crippen LogP) is 2.54. The molecule has 0 bridgehead atoms. The zero-order chi connectivity index (χ0) is 13.5. The Morgan fingerprint density at radius 1 is 1.05 bits per heavy atom. The molecule has 0 amide bonds. The van der Waals surface area contributed by atoms with E-state index >= 15 is 0 Å². The van der Waals surface area contributed by atoms with Crippen LogP contribution in [0.1, 0.15) is 46.4 Å². The second-order valence-electron chi connectivity index (χ2n) is 5.29. The van der Waals surface area contributed by atoms with Crippen molar-refractivity contribution >= 4 is 11.6 Å². The van der Waals surface area contributed by atoms with Crippen molar-refractivity contribution in [3.05, 3.63) is 47.5 Å². The maximum Gasteiger partial charge on any atom is 0.203 e. The zero-order valence-electron chi connectivity index (χ0n) is 10.6. The molecule has 0 saturated carbocycles. The van der Waals surface area contributed by atoms with Gasteiger partial charge in [-0.2, -0.15) is 0 Å². The van der Waals surface area contributed by atoms with Crippen LogP contribution >= 0.6 is 0 Å². The van der Waals surface area contributed by atoms with Crippen molar-refractivity contribution in [1.29, 1.82) is 0 Å². The number of hydrogen-bond donors (Lipinski definition) is 1. The molecule has 3 nitrogen and oxygen atoms in total. The van der Waals surface area contributed by atoms with Gasteiger partial charge in [0.2, 0.25) is 11.6 Å². The first kappa shape index (κ1) is 12.3. The van der Waals surface area contributed by atoms with E-state index < -0.39 is 23.1 Å². The standard InChI is InChI=1S/C16H16O3/c17-14-12-9-5-6-10-13(12)15(18)16(14,19)11-7-3-1-2-4-8-11/h3,5-7,9-11,19H,1-2,4,8H2. The molecule has 0 spiro atoms. The van der Waals surface area contributed by atoms with Gasteiger partial charge in [0.05, 0.1) is 0 Å². The number of rotatable bonds is 1. The lowest BCUT2D eigenvalue weighted by molar-refractivity contribution is 0.0160. The molecule has 0 radical (unpaired) electrons. The summed E-state index contributed by atoms with van der Waals surface area (Å²) in [5, 5.41) is 10.7. The van der Waals surface area contributed by atoms with Crippen LogP contribution in [-0.4, -0.2) is 22.3 Å². The molecule has 1 aromatic carbocycles. The number of allylic oxidation sites excluding steroid dienone is 1. The number of ketones is 2. The van der Waals surface area contributed by atoms with Crippen LogP contribution in [-0.2, 0) is 0 Å². The maximum absolute atomic E-state index is 12.4. The maximum atomic E-state index is 12.4. The molecule has 1 atom stereocenters. The third-order valence-corrected chi connectivity index (χ3v) is 4.15. The Bertz CT molecular complexity index is 536. The molecule has 3 rings (SSSR count). The fraction of sp³-hybridized carbons (Fsp3) is 0.375. The van der Waals surface area contributed by atoms with E-state index in [1.54, 1.807) is 24.3 Å². The molecule has 0 saturated heterocycles. The monoisotopic (exact) mass is 256 g/mol. The van der Waals surface area contributed by atoms with E-state index in [1.807, 2.05) is 12.2 Å². The molecular formula is C16H16O3. The third-order valence-electron chi connectivity index (χ3n) is 4.15. The SMILES string of the molecule is O=C1c2ccccc2C(=O)C1(O)C1C=CCCCC1. The molecular weight excluding hydrogens is 240 g/mol. The molecule has 0 aliphatic heterocycles. The van der Waals surface area contributed by atoms with Gasteiger partial charge in [-0.05, 0) is 19.3 Å². The summed E-state index contributed by atoms with van der Waals surface area (Å²) in [5.74, 6) is -1.28. The highest BCUT2D eigenvalue weighted by atomic mass is 16.3. The summed E-state index contributed by atoms with van der Waals surface area (Å²) in [6.07, 6.45) is 7.41. The highest BCUT2D eigenvalue weighted by Gasteiger charge is 2.55. The second-order valence-corrected chi connectivity index (χ2v) is 5.29. The lowest BCUT2D eigenvalue weighted by Gasteiger charge is -2.26. The Labute approximate surface area is 111 Å². The molecule has 0 fully saturated rings. The summed E-state index contributed by atoms with van der Waals surface area (Å²) >= 11 is 0. The minimum absolute atomic E-state index is 0.354. The zero-order valence-corrected chi connectivity index (χ0v) is 10.6. The number of fused-ring (bicyclic) bond motifs is 1. The molecule has 98 valence electrons. The molecule has 1 aromatic rings. The van der Waals surface area contributed by atoms with Crippen LogP contribution in [0.2, 0.25) is 0 Å². The Morgan fingerprint density at radius 2 is 1.68 bits per heavy atom. The predicted molar refractivity (Wildman–Crippen MR) is 71.2 cm³/mol. The Kier molecular flexibility index (Phi) is 2.86. The van der Waals surface area contributed by atoms with E-state index in [4.69, 9.17) is 0 Å². The Hall–Kier alpha value is -1.74. The first-order valence-corrected chi connectivity index (χ1v) is 6.73. The average molecular weight is 256 g/mol. The summed E-state index contributed by atoms with van der Waals surface area (Å²) < 4.78 is 0. The molecule has 2 aliphatic carbocycles. The van der Waals surface area contributed by atoms with E-state index in [0.29, 0.717) is 17.5 Å². The van der Waals surface area contributed by atoms with Gasteiger partial charge >= 0.3 is 0 Å². The van der Waals surface area contributed by atoms with Crippen LogP contribution in [0.25, 0.3) is 0 Å². The van der Waals surface area contributed by atoms with Crippen molar-refractivity contribution in [1.82, 2.24) is 0 Å². The van der Waals surface area contributed by atoms with Gasteiger partial charge in [0, 0.05) is 17.0 Å². The van der Waals surface area contributed by atoms with Crippen molar-refractivity contribution in [2.75, 3.05) is 0 Å². The fourth-order valence-corrected chi connectivity index (χ4v) is 3.06. The van der Waals surface area contributed by atoms with E-state index in [0.717, 1.165) is 19.3 Å². The molecule has 0 heterocycles. The van der Waals surface area contributed by atoms with E-state index in [1.165, 1.54) is 0 Å².